The molecule has 0 bridgehead atoms. The Morgan fingerprint density at radius 3 is 0.743 bits per heavy atom. The van der Waals surface area contributed by atoms with E-state index in [9.17, 15) is 25.2 Å². The van der Waals surface area contributed by atoms with Crippen LogP contribution in [0.5, 0.6) is 0 Å². The minimum Gasteiger partial charge on any atom is -0.0762 e. The molecule has 0 amide bonds. The molecule has 0 heterocycles. The fourth-order valence-electron chi connectivity index (χ4n) is 7.01. The molecule has 0 N–H and O–H groups in total. The van der Waals surface area contributed by atoms with Gasteiger partial charge in [-0.05, 0) is 78.1 Å². The SMILES string of the molecule is C=C=C(c1ccccc1)c1ccccc1.F[P-](F)(F)(F)(F)F.[CH]1[CH][C]2C=CC=C[C]2[CH]1.[Ru+2].c1ccc(P(c2ccccc2)c2ccccc2)cc1.c1ccc(P(c2ccccc2)c2ccccc2)cc1. The minimum absolute atomic E-state index is 0. The maximum Gasteiger partial charge on any atom is 2.00 e. The summed E-state index contributed by atoms with van der Waals surface area (Å²) in [6.07, 6.45) is 14.7. The maximum absolute atomic E-state index is 10.7. The van der Waals surface area contributed by atoms with Crippen LogP contribution < -0.4 is 31.8 Å². The van der Waals surface area contributed by atoms with Crippen LogP contribution in [-0.2, 0) is 19.5 Å². The summed E-state index contributed by atoms with van der Waals surface area (Å²) in [4.78, 5) is 0. The van der Waals surface area contributed by atoms with Crippen LogP contribution in [0.2, 0.25) is 0 Å². The van der Waals surface area contributed by atoms with E-state index < -0.39 is 23.7 Å². The topological polar surface area (TPSA) is 0 Å². The molecule has 0 aromatic heterocycles. The molecule has 0 atom stereocenters. The van der Waals surface area contributed by atoms with Gasteiger partial charge in [-0.2, -0.15) is 0 Å². The van der Waals surface area contributed by atoms with Crippen molar-refractivity contribution in [3.8, 4) is 0 Å². The second-order valence-corrected chi connectivity index (χ2v) is 21.4. The number of hydrogen-bond donors (Lipinski definition) is 0. The van der Waals surface area contributed by atoms with Crippen molar-refractivity contribution in [2.24, 2.45) is 0 Å². The van der Waals surface area contributed by atoms with Gasteiger partial charge in [0, 0.05) is 17.4 Å². The summed E-state index contributed by atoms with van der Waals surface area (Å²) in [5, 5.41) is 8.39. The van der Waals surface area contributed by atoms with Gasteiger partial charge in [0.15, 0.2) is 0 Å². The van der Waals surface area contributed by atoms with Crippen LogP contribution in [-0.4, -0.2) is 0 Å². The van der Waals surface area contributed by atoms with Gasteiger partial charge in [0.2, 0.25) is 0 Å². The molecular formula is C60H49F6P3Ru+. The number of halogens is 6. The van der Waals surface area contributed by atoms with Crippen molar-refractivity contribution >= 4 is 61.1 Å². The van der Waals surface area contributed by atoms with Gasteiger partial charge in [-0.1, -0.05) is 274 Å². The van der Waals surface area contributed by atoms with E-state index in [0.29, 0.717) is 0 Å². The summed E-state index contributed by atoms with van der Waals surface area (Å²) in [6, 6.07) is 85.0. The van der Waals surface area contributed by atoms with Crippen LogP contribution in [0, 0.1) is 31.1 Å². The Hall–Kier alpha value is -5.75. The third-order valence-electron chi connectivity index (χ3n) is 9.94. The van der Waals surface area contributed by atoms with Gasteiger partial charge in [-0.15, -0.1) is 5.73 Å². The van der Waals surface area contributed by atoms with Gasteiger partial charge >= 0.3 is 52.5 Å². The van der Waals surface area contributed by atoms with Crippen molar-refractivity contribution in [2.45, 2.75) is 0 Å². The summed E-state index contributed by atoms with van der Waals surface area (Å²) >= 11 is 0. The van der Waals surface area contributed by atoms with Crippen molar-refractivity contribution in [1.82, 2.24) is 0 Å². The Bertz CT molecular complexity index is 2460. The number of benzene rings is 8. The second kappa shape index (κ2) is 26.5. The van der Waals surface area contributed by atoms with E-state index in [1.54, 1.807) is 0 Å². The Morgan fingerprint density at radius 2 is 0.543 bits per heavy atom. The Kier molecular flexibility index (Phi) is 20.9. The number of fused-ring (bicyclic) bond motifs is 1. The molecule has 2 aliphatic carbocycles. The van der Waals surface area contributed by atoms with Crippen LogP contribution in [0.4, 0.5) is 25.2 Å². The molecule has 8 aromatic rings. The molecule has 0 spiro atoms. The second-order valence-electron chi connectivity index (χ2n) is 15.1. The zero-order chi connectivity index (χ0) is 48.9. The maximum atomic E-state index is 9.87. The van der Waals surface area contributed by atoms with Crippen molar-refractivity contribution in [1.29, 1.82) is 0 Å². The first-order chi connectivity index (χ1) is 33.2. The van der Waals surface area contributed by atoms with Crippen LogP contribution in [0.15, 0.2) is 279 Å². The van der Waals surface area contributed by atoms with Gasteiger partial charge in [-0.25, -0.2) is 0 Å². The van der Waals surface area contributed by atoms with Gasteiger partial charge in [0.25, 0.3) is 0 Å². The normalized spacial score (nSPS) is 13.5. The van der Waals surface area contributed by atoms with Crippen LogP contribution in [0.25, 0.3) is 5.57 Å². The van der Waals surface area contributed by atoms with E-state index >= 15 is 0 Å². The minimum atomic E-state index is -10.7. The summed E-state index contributed by atoms with van der Waals surface area (Å²) in [5.41, 5.74) is 6.36. The largest absolute Gasteiger partial charge is 2.00 e. The first-order valence-electron chi connectivity index (χ1n) is 21.8. The van der Waals surface area contributed by atoms with Gasteiger partial charge in [-0.3, -0.25) is 0 Å². The summed E-state index contributed by atoms with van der Waals surface area (Å²) < 4.78 is 59.2. The zero-order valence-corrected chi connectivity index (χ0v) is 42.2. The molecule has 0 saturated heterocycles. The van der Waals surface area contributed by atoms with Gasteiger partial charge < -0.3 is 0 Å². The molecule has 2 aliphatic rings. The van der Waals surface area contributed by atoms with E-state index in [0.717, 1.165) is 16.7 Å². The Morgan fingerprint density at radius 1 is 0.343 bits per heavy atom. The van der Waals surface area contributed by atoms with Crippen molar-refractivity contribution in [3.05, 3.63) is 321 Å². The standard InChI is InChI=1S/2C18H15P.C15H12.C9H7.F6P.Ru/c2*1-4-10-16(11-5-1)19(17-12-6-2-7-13-17)18-14-8-3-9-15-18;1-2-15(13-9-5-3-6-10-13)14-11-7-4-8-12-14;1-2-5-9-7-3-6-8(9)4-1;1-7(2,3,4,5)6;/h2*1-15H;3-12H,1H2;1-7H;;/q;;;;-1;+2. The fourth-order valence-corrected chi connectivity index (χ4v) is 11.6. The van der Waals surface area contributed by atoms with E-state index in [4.69, 9.17) is 0 Å². The predicted molar refractivity (Wildman–Crippen MR) is 286 cm³/mol. The smallest absolute Gasteiger partial charge is 0.0762 e. The first kappa shape index (κ1) is 55.2. The first-order valence-corrected chi connectivity index (χ1v) is 26.5. The molecule has 10 heteroatoms. The van der Waals surface area contributed by atoms with Crippen molar-refractivity contribution < 1.29 is 44.7 Å². The third-order valence-corrected chi connectivity index (χ3v) is 14.8. The molecule has 353 valence electrons. The van der Waals surface area contributed by atoms with E-state index in [1.807, 2.05) is 36.4 Å². The van der Waals surface area contributed by atoms with Crippen molar-refractivity contribution in [2.75, 3.05) is 0 Å². The number of rotatable bonds is 8. The summed E-state index contributed by atoms with van der Waals surface area (Å²) in [6.45, 7) is 3.75. The third kappa shape index (κ3) is 19.6. The number of allylic oxidation sites excluding steroid dienone is 4. The quantitative estimate of drug-likeness (QED) is 0.0616. The average molecular weight is 1080 g/mol. The number of hydrogen-bond acceptors (Lipinski definition) is 0. The molecule has 1 fully saturated rings. The zero-order valence-electron chi connectivity index (χ0n) is 37.8. The van der Waals surface area contributed by atoms with Crippen LogP contribution in [0.3, 0.4) is 0 Å². The van der Waals surface area contributed by atoms with Crippen LogP contribution in [0.1, 0.15) is 11.1 Å². The van der Waals surface area contributed by atoms with E-state index in [1.165, 1.54) is 43.7 Å². The molecule has 1 saturated carbocycles. The van der Waals surface area contributed by atoms with Gasteiger partial charge in [0.05, 0.1) is 0 Å². The van der Waals surface area contributed by atoms with E-state index in [2.05, 4.69) is 262 Å². The van der Waals surface area contributed by atoms with Gasteiger partial charge in [0.1, 0.15) is 0 Å². The molecular weight excluding hydrogens is 1030 g/mol. The van der Waals surface area contributed by atoms with E-state index in [-0.39, 0.29) is 19.5 Å². The molecule has 0 unspecified atom stereocenters. The molecule has 0 nitrogen and oxygen atoms in total. The average Bonchev–Trinajstić information content (AvgIpc) is 3.86. The molecule has 0 aliphatic heterocycles. The molecule has 8 aromatic carbocycles. The van der Waals surface area contributed by atoms with Crippen molar-refractivity contribution in [3.63, 3.8) is 0 Å². The van der Waals surface area contributed by atoms with Crippen LogP contribution >= 0.6 is 23.7 Å². The summed E-state index contributed by atoms with van der Waals surface area (Å²) in [5.74, 6) is 2.66. The Labute approximate surface area is 424 Å². The monoisotopic (exact) mass is 1080 g/mol. The molecule has 70 heavy (non-hydrogen) atoms. The predicted octanol–water partition coefficient (Wildman–Crippen LogP) is 16.1. The summed E-state index contributed by atoms with van der Waals surface area (Å²) in [7, 11) is -11.5. The fraction of sp³-hybridized carbons (Fsp3) is 0. The Balaban J connectivity index is 0.000000169. The molecule has 5 radical (unpaired) electrons. The molecule has 10 rings (SSSR count).